The van der Waals surface area contributed by atoms with E-state index in [0.717, 1.165) is 32.7 Å². The van der Waals surface area contributed by atoms with E-state index in [2.05, 4.69) is 39.3 Å². The van der Waals surface area contributed by atoms with Gasteiger partial charge in [0.2, 0.25) is 0 Å². The summed E-state index contributed by atoms with van der Waals surface area (Å²) >= 11 is 0. The Morgan fingerprint density at radius 1 is 1.15 bits per heavy atom. The number of rotatable bonds is 9. The van der Waals surface area contributed by atoms with Gasteiger partial charge < -0.3 is 15.5 Å². The molecule has 2 aliphatic heterocycles. The van der Waals surface area contributed by atoms with Crippen molar-refractivity contribution in [2.45, 2.75) is 52.0 Å². The number of carbonyl (C=O) groups excluding carboxylic acids is 2. The van der Waals surface area contributed by atoms with Crippen LogP contribution >= 0.6 is 0 Å². The summed E-state index contributed by atoms with van der Waals surface area (Å²) in [5, 5.41) is 5.98. The number of anilines is 3. The van der Waals surface area contributed by atoms with E-state index in [1.165, 1.54) is 37.0 Å². The summed E-state index contributed by atoms with van der Waals surface area (Å²) in [7, 11) is -3.67. The van der Waals surface area contributed by atoms with Crippen LogP contribution in [0.4, 0.5) is 22.0 Å². The number of amides is 3. The van der Waals surface area contributed by atoms with Crippen molar-refractivity contribution in [1.29, 1.82) is 0 Å². The van der Waals surface area contributed by atoms with E-state index in [0.29, 0.717) is 41.6 Å². The second-order valence-corrected chi connectivity index (χ2v) is 11.6. The van der Waals surface area contributed by atoms with Crippen LogP contribution < -0.4 is 15.5 Å². The summed E-state index contributed by atoms with van der Waals surface area (Å²) < 4.78 is 25.9. The fraction of sp³-hybridized carbons (Fsp3) is 0.536. The van der Waals surface area contributed by atoms with Crippen molar-refractivity contribution >= 4 is 39.2 Å². The number of pyridine rings is 1. The number of hydrogen-bond donors (Lipinski definition) is 3. The highest BCUT2D eigenvalue weighted by molar-refractivity contribution is 7.85. The topological polar surface area (TPSA) is 135 Å². The third kappa shape index (κ3) is 9.26. The van der Waals surface area contributed by atoms with Crippen molar-refractivity contribution in [3.05, 3.63) is 48.2 Å². The van der Waals surface area contributed by atoms with Gasteiger partial charge >= 0.3 is 6.03 Å². The van der Waals surface area contributed by atoms with Gasteiger partial charge in [-0.15, -0.1) is 0 Å². The molecular formula is C28H42N6O5S. The molecule has 4 rings (SSSR count). The Bertz CT molecular complexity index is 1230. The van der Waals surface area contributed by atoms with Gasteiger partial charge in [0, 0.05) is 31.9 Å². The van der Waals surface area contributed by atoms with Crippen LogP contribution in [-0.4, -0.2) is 91.3 Å². The number of aromatic nitrogens is 1. The Hall–Kier alpha value is -3.06. The SMILES string of the molecule is CCCN(CCC)CC1CCCCN1CCNC(=O)N1c2ccccc2C(=O)Nc2cccnc21.CS(=O)(=O)O. The average molecular weight is 575 g/mol. The Morgan fingerprint density at radius 3 is 2.55 bits per heavy atom. The number of benzene rings is 1. The number of hydrogen-bond acceptors (Lipinski definition) is 7. The van der Waals surface area contributed by atoms with Gasteiger partial charge in [-0.25, -0.2) is 14.7 Å². The maximum absolute atomic E-state index is 13.5. The Balaban J connectivity index is 0.000000810. The van der Waals surface area contributed by atoms with Gasteiger partial charge in [-0.2, -0.15) is 8.42 Å². The van der Waals surface area contributed by atoms with Crippen LogP contribution in [0.5, 0.6) is 0 Å². The lowest BCUT2D eigenvalue weighted by molar-refractivity contribution is 0.102. The van der Waals surface area contributed by atoms with Crippen LogP contribution in [0.1, 0.15) is 56.3 Å². The molecular weight excluding hydrogens is 532 g/mol. The van der Waals surface area contributed by atoms with Gasteiger partial charge in [0.25, 0.3) is 16.0 Å². The lowest BCUT2D eigenvalue weighted by Gasteiger charge is -2.39. The first kappa shape index (κ1) is 31.5. The van der Waals surface area contributed by atoms with Crippen molar-refractivity contribution in [3.8, 4) is 0 Å². The molecule has 220 valence electrons. The standard InChI is InChI=1S/C27H38N6O2.CH4O3S/c1-3-16-31(17-4-2)20-21-10-7-8-18-32(21)19-15-29-27(35)33-24-13-6-5-11-22(24)26(34)30-23-12-9-14-28-25(23)33;1-5(2,3)4/h5-6,9,11-14,21H,3-4,7-8,10,15-20H2,1-2H3,(H,29,35)(H,30,34);1H3,(H,2,3,4). The number of carbonyl (C=O) groups is 2. The summed E-state index contributed by atoms with van der Waals surface area (Å²) in [5.74, 6) is 0.180. The predicted molar refractivity (Wildman–Crippen MR) is 158 cm³/mol. The normalized spacial score (nSPS) is 17.2. The van der Waals surface area contributed by atoms with Crippen LogP contribution in [0.3, 0.4) is 0 Å². The van der Waals surface area contributed by atoms with Crippen molar-refractivity contribution in [2.24, 2.45) is 0 Å². The third-order valence-electron chi connectivity index (χ3n) is 6.81. The Kier molecular flexibility index (Phi) is 11.9. The molecule has 0 saturated carbocycles. The second kappa shape index (κ2) is 15.1. The molecule has 1 fully saturated rings. The van der Waals surface area contributed by atoms with E-state index in [1.54, 1.807) is 36.5 Å². The molecule has 12 heteroatoms. The second-order valence-electron chi connectivity index (χ2n) is 10.1. The van der Waals surface area contributed by atoms with E-state index < -0.39 is 10.1 Å². The number of nitrogens with one attached hydrogen (secondary N) is 2. The van der Waals surface area contributed by atoms with Gasteiger partial charge in [0.15, 0.2) is 5.82 Å². The average Bonchev–Trinajstić information content (AvgIpc) is 3.03. The van der Waals surface area contributed by atoms with E-state index in [9.17, 15) is 18.0 Å². The van der Waals surface area contributed by atoms with Crippen LogP contribution in [-0.2, 0) is 10.1 Å². The number of piperidine rings is 1. The molecule has 1 saturated heterocycles. The summed E-state index contributed by atoms with van der Waals surface area (Å²) in [5.41, 5.74) is 1.50. The molecule has 1 aromatic carbocycles. The number of urea groups is 1. The fourth-order valence-corrected chi connectivity index (χ4v) is 5.21. The highest BCUT2D eigenvalue weighted by Crippen LogP contribution is 2.36. The van der Waals surface area contributed by atoms with Gasteiger partial charge in [0.05, 0.1) is 23.2 Å². The van der Waals surface area contributed by atoms with E-state index in [4.69, 9.17) is 4.55 Å². The first-order valence-corrected chi connectivity index (χ1v) is 15.8. The number of para-hydroxylation sites is 1. The van der Waals surface area contributed by atoms with Crippen LogP contribution in [0.2, 0.25) is 0 Å². The maximum Gasteiger partial charge on any atom is 0.327 e. The molecule has 11 nitrogen and oxygen atoms in total. The maximum atomic E-state index is 13.5. The first-order chi connectivity index (χ1) is 19.1. The minimum atomic E-state index is -3.67. The molecule has 3 N–H and O–H groups in total. The summed E-state index contributed by atoms with van der Waals surface area (Å²) in [4.78, 5) is 37.3. The zero-order valence-corrected chi connectivity index (χ0v) is 24.5. The molecule has 1 aromatic heterocycles. The van der Waals surface area contributed by atoms with E-state index in [-0.39, 0.29) is 11.9 Å². The van der Waals surface area contributed by atoms with Crippen LogP contribution in [0, 0.1) is 0 Å². The first-order valence-electron chi connectivity index (χ1n) is 13.9. The zero-order chi connectivity index (χ0) is 29.1. The molecule has 3 heterocycles. The zero-order valence-electron chi connectivity index (χ0n) is 23.7. The Labute approximate surface area is 237 Å². The molecule has 2 aromatic rings. The molecule has 0 bridgehead atoms. The fourth-order valence-electron chi connectivity index (χ4n) is 5.21. The highest BCUT2D eigenvalue weighted by atomic mass is 32.2. The molecule has 1 unspecified atom stereocenters. The third-order valence-corrected chi connectivity index (χ3v) is 6.81. The molecule has 0 radical (unpaired) electrons. The molecule has 1 atom stereocenters. The lowest BCUT2D eigenvalue weighted by Crippen LogP contribution is -2.50. The van der Waals surface area contributed by atoms with Gasteiger partial charge in [-0.1, -0.05) is 32.4 Å². The lowest BCUT2D eigenvalue weighted by atomic mass is 10.0. The highest BCUT2D eigenvalue weighted by Gasteiger charge is 2.30. The number of fused-ring (bicyclic) bond motifs is 2. The van der Waals surface area contributed by atoms with E-state index in [1.807, 2.05) is 6.07 Å². The molecule has 40 heavy (non-hydrogen) atoms. The monoisotopic (exact) mass is 574 g/mol. The minimum absolute atomic E-state index is 0.245. The summed E-state index contributed by atoms with van der Waals surface area (Å²) in [6.45, 7) is 10.3. The van der Waals surface area contributed by atoms with Crippen molar-refractivity contribution in [1.82, 2.24) is 20.1 Å². The van der Waals surface area contributed by atoms with Crippen molar-refractivity contribution in [2.75, 3.05) is 55.7 Å². The Morgan fingerprint density at radius 2 is 1.85 bits per heavy atom. The van der Waals surface area contributed by atoms with Gasteiger partial charge in [-0.05, 0) is 69.6 Å². The quantitative estimate of drug-likeness (QED) is 0.383. The summed E-state index contributed by atoms with van der Waals surface area (Å²) in [6, 6.07) is 10.9. The molecule has 3 amide bonds. The number of likely N-dealkylation sites (tertiary alicyclic amines) is 1. The van der Waals surface area contributed by atoms with Crippen LogP contribution in [0.15, 0.2) is 42.6 Å². The van der Waals surface area contributed by atoms with Gasteiger partial charge in [-0.3, -0.25) is 14.2 Å². The molecule has 2 aliphatic rings. The van der Waals surface area contributed by atoms with Crippen LogP contribution in [0.25, 0.3) is 0 Å². The largest absolute Gasteiger partial charge is 0.336 e. The number of nitrogens with zero attached hydrogens (tertiary/aromatic N) is 4. The van der Waals surface area contributed by atoms with Gasteiger partial charge in [0.1, 0.15) is 0 Å². The molecule has 0 aliphatic carbocycles. The molecule has 0 spiro atoms. The van der Waals surface area contributed by atoms with Crippen molar-refractivity contribution in [3.63, 3.8) is 0 Å². The smallest absolute Gasteiger partial charge is 0.327 e. The van der Waals surface area contributed by atoms with Crippen molar-refractivity contribution < 1.29 is 22.6 Å². The predicted octanol–water partition coefficient (Wildman–Crippen LogP) is 3.98. The van der Waals surface area contributed by atoms with E-state index >= 15 is 0 Å². The summed E-state index contributed by atoms with van der Waals surface area (Å²) in [6.07, 6.45) is 8.38. The minimum Gasteiger partial charge on any atom is -0.336 e.